The number of hydrogen-bond acceptors (Lipinski definition) is 2. The van der Waals surface area contributed by atoms with E-state index in [1.54, 1.807) is 11.8 Å². The lowest BCUT2D eigenvalue weighted by atomic mass is 10.2. The minimum Gasteiger partial charge on any atom is -0.326 e. The van der Waals surface area contributed by atoms with Gasteiger partial charge in [-0.1, -0.05) is 45.7 Å². The molecule has 0 unspecified atom stereocenters. The smallest absolute Gasteiger partial charge is 0.0406 e. The van der Waals surface area contributed by atoms with E-state index in [9.17, 15) is 0 Å². The van der Waals surface area contributed by atoms with Crippen LogP contribution in [-0.4, -0.2) is 0 Å². The van der Waals surface area contributed by atoms with E-state index in [2.05, 4.69) is 34.1 Å². The van der Waals surface area contributed by atoms with E-state index in [-0.39, 0.29) is 0 Å². The highest BCUT2D eigenvalue weighted by atomic mass is 79.9. The molecular weight excluding hydrogens is 330 g/mol. The molecule has 0 atom stereocenters. The first-order chi connectivity index (χ1) is 8.70. The highest BCUT2D eigenvalue weighted by molar-refractivity contribution is 9.10. The van der Waals surface area contributed by atoms with E-state index in [0.717, 1.165) is 20.8 Å². The molecule has 0 aliphatic heterocycles. The predicted octanol–water partition coefficient (Wildman–Crippen LogP) is 4.85. The Labute approximate surface area is 125 Å². The van der Waals surface area contributed by atoms with Crippen LogP contribution >= 0.6 is 39.3 Å². The summed E-state index contributed by atoms with van der Waals surface area (Å²) in [5.74, 6) is 0.917. The standard InChI is InChI=1S/C14H13BrClNS/c15-13-2-1-3-14(12(13)8-17)18-9-10-4-6-11(16)7-5-10/h1-7H,8-9,17H2. The molecule has 0 saturated carbocycles. The number of halogens is 2. The molecule has 0 heterocycles. The molecule has 0 amide bonds. The fourth-order valence-electron chi connectivity index (χ4n) is 1.61. The van der Waals surface area contributed by atoms with Crippen LogP contribution in [0.3, 0.4) is 0 Å². The van der Waals surface area contributed by atoms with E-state index in [1.807, 2.05) is 24.3 Å². The van der Waals surface area contributed by atoms with Crippen molar-refractivity contribution in [2.45, 2.75) is 17.2 Å². The van der Waals surface area contributed by atoms with Gasteiger partial charge < -0.3 is 5.73 Å². The largest absolute Gasteiger partial charge is 0.326 e. The van der Waals surface area contributed by atoms with E-state index in [0.29, 0.717) is 6.54 Å². The fourth-order valence-corrected chi connectivity index (χ4v) is 3.46. The maximum Gasteiger partial charge on any atom is 0.0406 e. The van der Waals surface area contributed by atoms with Crippen molar-refractivity contribution in [3.8, 4) is 0 Å². The minimum atomic E-state index is 0.546. The molecular formula is C14H13BrClNS. The van der Waals surface area contributed by atoms with Crippen LogP contribution < -0.4 is 5.73 Å². The molecule has 0 spiro atoms. The fraction of sp³-hybridized carbons (Fsp3) is 0.143. The van der Waals surface area contributed by atoms with Gasteiger partial charge in [0, 0.05) is 26.7 Å². The summed E-state index contributed by atoms with van der Waals surface area (Å²) in [4.78, 5) is 1.22. The molecule has 0 bridgehead atoms. The van der Waals surface area contributed by atoms with Crippen LogP contribution in [0.4, 0.5) is 0 Å². The zero-order valence-electron chi connectivity index (χ0n) is 9.70. The van der Waals surface area contributed by atoms with Crippen molar-refractivity contribution >= 4 is 39.3 Å². The summed E-state index contributed by atoms with van der Waals surface area (Å²) >= 11 is 11.2. The molecule has 2 aromatic rings. The zero-order chi connectivity index (χ0) is 13.0. The van der Waals surface area contributed by atoms with Crippen molar-refractivity contribution in [2.24, 2.45) is 5.73 Å². The average molecular weight is 343 g/mol. The first-order valence-corrected chi connectivity index (χ1v) is 7.71. The molecule has 2 N–H and O–H groups in total. The third-order valence-corrected chi connectivity index (χ3v) is 4.75. The second kappa shape index (κ2) is 6.62. The van der Waals surface area contributed by atoms with Crippen LogP contribution in [0.2, 0.25) is 5.02 Å². The summed E-state index contributed by atoms with van der Waals surface area (Å²) in [6, 6.07) is 14.1. The molecule has 94 valence electrons. The lowest BCUT2D eigenvalue weighted by Crippen LogP contribution is -1.99. The first-order valence-electron chi connectivity index (χ1n) is 5.55. The minimum absolute atomic E-state index is 0.546. The van der Waals surface area contributed by atoms with Gasteiger partial charge in [-0.25, -0.2) is 0 Å². The number of benzene rings is 2. The Morgan fingerprint density at radius 1 is 1.11 bits per heavy atom. The van der Waals surface area contributed by atoms with Crippen LogP contribution in [0.5, 0.6) is 0 Å². The van der Waals surface area contributed by atoms with Gasteiger partial charge in [0.1, 0.15) is 0 Å². The summed E-state index contributed by atoms with van der Waals surface area (Å²) in [5.41, 5.74) is 8.20. The Morgan fingerprint density at radius 3 is 2.50 bits per heavy atom. The van der Waals surface area contributed by atoms with Crippen molar-refractivity contribution in [1.29, 1.82) is 0 Å². The van der Waals surface area contributed by atoms with Gasteiger partial charge in [0.2, 0.25) is 0 Å². The molecule has 0 aliphatic rings. The van der Waals surface area contributed by atoms with E-state index in [4.69, 9.17) is 17.3 Å². The van der Waals surface area contributed by atoms with Crippen LogP contribution in [-0.2, 0) is 12.3 Å². The summed E-state index contributed by atoms with van der Waals surface area (Å²) in [7, 11) is 0. The Morgan fingerprint density at radius 2 is 1.83 bits per heavy atom. The van der Waals surface area contributed by atoms with Gasteiger partial charge >= 0.3 is 0 Å². The van der Waals surface area contributed by atoms with Gasteiger partial charge in [0.15, 0.2) is 0 Å². The molecule has 18 heavy (non-hydrogen) atoms. The Balaban J connectivity index is 2.10. The van der Waals surface area contributed by atoms with E-state index < -0.39 is 0 Å². The Hall–Kier alpha value is -0.480. The number of hydrogen-bond donors (Lipinski definition) is 1. The quantitative estimate of drug-likeness (QED) is 0.803. The van der Waals surface area contributed by atoms with Crippen molar-refractivity contribution in [2.75, 3.05) is 0 Å². The second-order valence-corrected chi connectivity index (χ2v) is 6.14. The summed E-state index contributed by atoms with van der Waals surface area (Å²) in [6.45, 7) is 0.546. The molecule has 2 aromatic carbocycles. The monoisotopic (exact) mass is 341 g/mol. The third-order valence-electron chi connectivity index (χ3n) is 2.59. The summed E-state index contributed by atoms with van der Waals surface area (Å²) in [5, 5.41) is 0.772. The zero-order valence-corrected chi connectivity index (χ0v) is 12.9. The second-order valence-electron chi connectivity index (χ2n) is 3.84. The molecule has 0 saturated heterocycles. The topological polar surface area (TPSA) is 26.0 Å². The lowest BCUT2D eigenvalue weighted by molar-refractivity contribution is 1.02. The predicted molar refractivity (Wildman–Crippen MR) is 83.0 cm³/mol. The Kier molecular flexibility index (Phi) is 5.13. The highest BCUT2D eigenvalue weighted by Gasteiger charge is 2.05. The molecule has 0 aromatic heterocycles. The number of nitrogens with two attached hydrogens (primary N) is 1. The third kappa shape index (κ3) is 3.51. The van der Waals surface area contributed by atoms with E-state index in [1.165, 1.54) is 10.5 Å². The van der Waals surface area contributed by atoms with Crippen LogP contribution in [0, 0.1) is 0 Å². The van der Waals surface area contributed by atoms with Crippen molar-refractivity contribution in [3.63, 3.8) is 0 Å². The average Bonchev–Trinajstić information content (AvgIpc) is 2.38. The normalized spacial score (nSPS) is 10.6. The van der Waals surface area contributed by atoms with E-state index >= 15 is 0 Å². The highest BCUT2D eigenvalue weighted by Crippen LogP contribution is 2.30. The van der Waals surface area contributed by atoms with Crippen LogP contribution in [0.15, 0.2) is 51.8 Å². The van der Waals surface area contributed by atoms with Crippen LogP contribution in [0.25, 0.3) is 0 Å². The molecule has 0 fully saturated rings. The van der Waals surface area contributed by atoms with Gasteiger partial charge in [0.25, 0.3) is 0 Å². The molecule has 1 nitrogen and oxygen atoms in total. The van der Waals surface area contributed by atoms with Crippen molar-refractivity contribution in [3.05, 3.63) is 63.1 Å². The maximum atomic E-state index is 5.87. The summed E-state index contributed by atoms with van der Waals surface area (Å²) < 4.78 is 1.08. The SMILES string of the molecule is NCc1c(Br)cccc1SCc1ccc(Cl)cc1. The molecule has 2 rings (SSSR count). The first kappa shape index (κ1) is 13.9. The summed E-state index contributed by atoms with van der Waals surface area (Å²) in [6.07, 6.45) is 0. The van der Waals surface area contributed by atoms with Crippen molar-refractivity contribution in [1.82, 2.24) is 0 Å². The number of rotatable bonds is 4. The Bertz CT molecular complexity index is 528. The van der Waals surface area contributed by atoms with Gasteiger partial charge in [-0.15, -0.1) is 11.8 Å². The van der Waals surface area contributed by atoms with Gasteiger partial charge in [-0.05, 0) is 35.4 Å². The molecule has 4 heteroatoms. The van der Waals surface area contributed by atoms with Gasteiger partial charge in [-0.2, -0.15) is 0 Å². The van der Waals surface area contributed by atoms with Crippen LogP contribution in [0.1, 0.15) is 11.1 Å². The van der Waals surface area contributed by atoms with Crippen molar-refractivity contribution < 1.29 is 0 Å². The number of thioether (sulfide) groups is 1. The lowest BCUT2D eigenvalue weighted by Gasteiger charge is -2.09. The van der Waals surface area contributed by atoms with Gasteiger partial charge in [-0.3, -0.25) is 0 Å². The maximum absolute atomic E-state index is 5.87. The molecule has 0 aliphatic carbocycles. The van der Waals surface area contributed by atoms with Gasteiger partial charge in [0.05, 0.1) is 0 Å². The molecule has 0 radical (unpaired) electrons.